The third-order valence-electron chi connectivity index (χ3n) is 4.06. The van der Waals surface area contributed by atoms with E-state index < -0.39 is 5.60 Å². The zero-order valence-electron chi connectivity index (χ0n) is 13.4. The number of hydrogen-bond donors (Lipinski definition) is 1. The van der Waals surface area contributed by atoms with E-state index in [1.807, 2.05) is 7.05 Å². The van der Waals surface area contributed by atoms with Crippen molar-refractivity contribution in [2.75, 3.05) is 40.0 Å². The standard InChI is InChI=1S/C17H27NO3/c1-14-4-5-15(2)16(12-14)21-11-8-18(3)13-17(19)6-9-20-10-7-17/h4-5,12,19H,6-11,13H2,1-3H3. The van der Waals surface area contributed by atoms with Gasteiger partial charge in [0.1, 0.15) is 12.4 Å². The highest BCUT2D eigenvalue weighted by Crippen LogP contribution is 2.22. The van der Waals surface area contributed by atoms with Crippen LogP contribution in [0.25, 0.3) is 0 Å². The second-order valence-electron chi connectivity index (χ2n) is 6.19. The highest BCUT2D eigenvalue weighted by atomic mass is 16.5. The molecule has 118 valence electrons. The summed E-state index contributed by atoms with van der Waals surface area (Å²) in [7, 11) is 2.03. The minimum atomic E-state index is -0.605. The van der Waals surface area contributed by atoms with E-state index in [2.05, 4.69) is 36.9 Å². The van der Waals surface area contributed by atoms with Crippen molar-refractivity contribution in [3.63, 3.8) is 0 Å². The van der Waals surface area contributed by atoms with Gasteiger partial charge in [-0.05, 0) is 38.1 Å². The van der Waals surface area contributed by atoms with Crippen molar-refractivity contribution in [2.24, 2.45) is 0 Å². The molecular weight excluding hydrogens is 266 g/mol. The average molecular weight is 293 g/mol. The second kappa shape index (κ2) is 7.25. The molecule has 0 radical (unpaired) electrons. The predicted molar refractivity (Wildman–Crippen MR) is 83.9 cm³/mol. The van der Waals surface area contributed by atoms with E-state index in [0.29, 0.717) is 26.4 Å². The molecule has 1 aliphatic heterocycles. The number of hydrogen-bond acceptors (Lipinski definition) is 4. The molecule has 1 aromatic rings. The third-order valence-corrected chi connectivity index (χ3v) is 4.06. The van der Waals surface area contributed by atoms with Gasteiger partial charge in [-0.1, -0.05) is 12.1 Å². The van der Waals surface area contributed by atoms with Crippen LogP contribution in [0.4, 0.5) is 0 Å². The van der Waals surface area contributed by atoms with Crippen LogP contribution in [-0.2, 0) is 4.74 Å². The Balaban J connectivity index is 1.76. The molecule has 0 bridgehead atoms. The molecule has 0 aromatic heterocycles. The molecule has 4 heteroatoms. The van der Waals surface area contributed by atoms with Gasteiger partial charge >= 0.3 is 0 Å². The fraction of sp³-hybridized carbons (Fsp3) is 0.647. The van der Waals surface area contributed by atoms with Gasteiger partial charge in [-0.2, -0.15) is 0 Å². The van der Waals surface area contributed by atoms with E-state index in [1.54, 1.807) is 0 Å². The summed E-state index contributed by atoms with van der Waals surface area (Å²) in [6.07, 6.45) is 1.43. The summed E-state index contributed by atoms with van der Waals surface area (Å²) in [6.45, 7) is 7.55. The van der Waals surface area contributed by atoms with Crippen LogP contribution in [0.5, 0.6) is 5.75 Å². The molecule has 1 saturated heterocycles. The first-order valence-electron chi connectivity index (χ1n) is 7.67. The molecular formula is C17H27NO3. The topological polar surface area (TPSA) is 41.9 Å². The molecule has 1 fully saturated rings. The minimum Gasteiger partial charge on any atom is -0.492 e. The van der Waals surface area contributed by atoms with Crippen LogP contribution in [-0.4, -0.2) is 55.6 Å². The van der Waals surface area contributed by atoms with Gasteiger partial charge in [0.05, 0.1) is 5.60 Å². The van der Waals surface area contributed by atoms with E-state index in [4.69, 9.17) is 9.47 Å². The van der Waals surface area contributed by atoms with Gasteiger partial charge in [-0.25, -0.2) is 0 Å². The van der Waals surface area contributed by atoms with Gasteiger partial charge in [0.15, 0.2) is 0 Å². The van der Waals surface area contributed by atoms with Gasteiger partial charge in [0, 0.05) is 39.1 Å². The van der Waals surface area contributed by atoms with E-state index in [1.165, 1.54) is 5.56 Å². The molecule has 1 heterocycles. The highest BCUT2D eigenvalue weighted by Gasteiger charge is 2.30. The minimum absolute atomic E-state index is 0.605. The number of aliphatic hydroxyl groups is 1. The smallest absolute Gasteiger partial charge is 0.122 e. The number of likely N-dealkylation sites (N-methyl/N-ethyl adjacent to an activating group) is 1. The summed E-state index contributed by atoms with van der Waals surface area (Å²) >= 11 is 0. The Labute approximate surface area is 127 Å². The molecule has 1 N–H and O–H groups in total. The second-order valence-corrected chi connectivity index (χ2v) is 6.19. The van der Waals surface area contributed by atoms with Crippen molar-refractivity contribution >= 4 is 0 Å². The number of rotatable bonds is 6. The Kier molecular flexibility index (Phi) is 5.62. The maximum atomic E-state index is 10.5. The van der Waals surface area contributed by atoms with E-state index in [9.17, 15) is 5.11 Å². The lowest BCUT2D eigenvalue weighted by atomic mass is 9.94. The van der Waals surface area contributed by atoms with Crippen molar-refractivity contribution in [2.45, 2.75) is 32.3 Å². The van der Waals surface area contributed by atoms with Crippen LogP contribution in [0.1, 0.15) is 24.0 Å². The highest BCUT2D eigenvalue weighted by molar-refractivity contribution is 5.35. The Morgan fingerprint density at radius 3 is 2.71 bits per heavy atom. The fourth-order valence-corrected chi connectivity index (χ4v) is 2.67. The lowest BCUT2D eigenvalue weighted by Crippen LogP contribution is -2.46. The summed E-state index contributed by atoms with van der Waals surface area (Å²) in [5, 5.41) is 10.5. The lowest BCUT2D eigenvalue weighted by molar-refractivity contribution is -0.0775. The fourth-order valence-electron chi connectivity index (χ4n) is 2.67. The maximum Gasteiger partial charge on any atom is 0.122 e. The van der Waals surface area contributed by atoms with Crippen LogP contribution in [0.3, 0.4) is 0 Å². The summed E-state index contributed by atoms with van der Waals surface area (Å²) in [5.74, 6) is 0.952. The van der Waals surface area contributed by atoms with Crippen molar-refractivity contribution in [3.05, 3.63) is 29.3 Å². The van der Waals surface area contributed by atoms with Gasteiger partial charge in [0.2, 0.25) is 0 Å². The SMILES string of the molecule is Cc1ccc(C)c(OCCN(C)CC2(O)CCOCC2)c1. The molecule has 0 amide bonds. The van der Waals surface area contributed by atoms with Crippen LogP contribution >= 0.6 is 0 Å². The molecule has 4 nitrogen and oxygen atoms in total. The Morgan fingerprint density at radius 1 is 1.29 bits per heavy atom. The molecule has 1 aliphatic rings. The molecule has 0 spiro atoms. The van der Waals surface area contributed by atoms with Gasteiger partial charge in [-0.15, -0.1) is 0 Å². The normalized spacial score (nSPS) is 18.0. The Hall–Kier alpha value is -1.10. The maximum absolute atomic E-state index is 10.5. The zero-order chi connectivity index (χ0) is 15.3. The third kappa shape index (κ3) is 4.99. The summed E-state index contributed by atoms with van der Waals surface area (Å²) in [5.41, 5.74) is 1.76. The number of ether oxygens (including phenoxy) is 2. The first-order valence-corrected chi connectivity index (χ1v) is 7.67. The van der Waals surface area contributed by atoms with Gasteiger partial charge in [-0.3, -0.25) is 0 Å². The van der Waals surface area contributed by atoms with E-state index in [-0.39, 0.29) is 0 Å². The van der Waals surface area contributed by atoms with Gasteiger partial charge in [0.25, 0.3) is 0 Å². The van der Waals surface area contributed by atoms with Gasteiger partial charge < -0.3 is 19.5 Å². The Bertz CT molecular complexity index is 455. The lowest BCUT2D eigenvalue weighted by Gasteiger charge is -2.35. The van der Waals surface area contributed by atoms with Crippen LogP contribution in [0.15, 0.2) is 18.2 Å². The first-order chi connectivity index (χ1) is 9.98. The molecule has 21 heavy (non-hydrogen) atoms. The van der Waals surface area contributed by atoms with Crippen LogP contribution in [0.2, 0.25) is 0 Å². The predicted octanol–water partition coefficient (Wildman–Crippen LogP) is 2.16. The number of aryl methyl sites for hydroxylation is 2. The molecule has 1 aromatic carbocycles. The van der Waals surface area contributed by atoms with Crippen molar-refractivity contribution in [3.8, 4) is 5.75 Å². The molecule has 0 aliphatic carbocycles. The summed E-state index contributed by atoms with van der Waals surface area (Å²) in [4.78, 5) is 2.14. The van der Waals surface area contributed by atoms with E-state index >= 15 is 0 Å². The van der Waals surface area contributed by atoms with Crippen molar-refractivity contribution in [1.82, 2.24) is 4.90 Å². The molecule has 0 atom stereocenters. The summed E-state index contributed by atoms with van der Waals surface area (Å²) < 4.78 is 11.2. The average Bonchev–Trinajstić information content (AvgIpc) is 2.43. The monoisotopic (exact) mass is 293 g/mol. The van der Waals surface area contributed by atoms with Crippen molar-refractivity contribution < 1.29 is 14.6 Å². The molecule has 0 unspecified atom stereocenters. The number of benzene rings is 1. The summed E-state index contributed by atoms with van der Waals surface area (Å²) in [6, 6.07) is 6.25. The largest absolute Gasteiger partial charge is 0.492 e. The quantitative estimate of drug-likeness (QED) is 0.873. The zero-order valence-corrected chi connectivity index (χ0v) is 13.4. The van der Waals surface area contributed by atoms with Crippen LogP contribution in [0, 0.1) is 13.8 Å². The number of nitrogens with zero attached hydrogens (tertiary/aromatic N) is 1. The molecule has 0 saturated carbocycles. The molecule has 2 rings (SSSR count). The van der Waals surface area contributed by atoms with Crippen LogP contribution < -0.4 is 4.74 Å². The van der Waals surface area contributed by atoms with Crippen molar-refractivity contribution in [1.29, 1.82) is 0 Å². The first kappa shape index (κ1) is 16.3. The Morgan fingerprint density at radius 2 is 2.00 bits per heavy atom. The van der Waals surface area contributed by atoms with E-state index in [0.717, 1.165) is 30.7 Å².